The normalized spacial score (nSPS) is 15.2. The predicted octanol–water partition coefficient (Wildman–Crippen LogP) is 0.847. The first-order valence-corrected chi connectivity index (χ1v) is 4.54. The van der Waals surface area contributed by atoms with Crippen LogP contribution in [0.15, 0.2) is 5.38 Å². The molecule has 1 aromatic rings. The maximum atomic E-state index is 11.3. The standard InChI is InChI=1S/C8H7NO2S/c10-3-6-7-5(4-12-6)1-2-9-8(7)11/h3-4H,1-2H2,(H,9,11). The lowest BCUT2D eigenvalue weighted by molar-refractivity contribution is 0.0941. The molecular weight excluding hydrogens is 174 g/mol. The Hall–Kier alpha value is -1.16. The van der Waals surface area contributed by atoms with Gasteiger partial charge in [0.05, 0.1) is 10.4 Å². The van der Waals surface area contributed by atoms with Crippen molar-refractivity contribution < 1.29 is 9.59 Å². The first-order chi connectivity index (χ1) is 5.83. The Morgan fingerprint density at radius 3 is 3.17 bits per heavy atom. The fraction of sp³-hybridized carbons (Fsp3) is 0.250. The Labute approximate surface area is 73.4 Å². The fourth-order valence-corrected chi connectivity index (χ4v) is 2.24. The molecule has 3 nitrogen and oxygen atoms in total. The highest BCUT2D eigenvalue weighted by Gasteiger charge is 2.21. The van der Waals surface area contributed by atoms with Gasteiger partial charge in [-0.2, -0.15) is 0 Å². The van der Waals surface area contributed by atoms with Gasteiger partial charge >= 0.3 is 0 Å². The zero-order valence-corrected chi connectivity index (χ0v) is 7.11. The number of carbonyl (C=O) groups excluding carboxylic acids is 2. The number of aldehydes is 1. The molecule has 4 heteroatoms. The molecule has 0 saturated carbocycles. The van der Waals surface area contributed by atoms with Crippen LogP contribution >= 0.6 is 11.3 Å². The van der Waals surface area contributed by atoms with Crippen molar-refractivity contribution in [3.05, 3.63) is 21.4 Å². The Kier molecular flexibility index (Phi) is 1.69. The fourth-order valence-electron chi connectivity index (χ4n) is 1.34. The van der Waals surface area contributed by atoms with Crippen LogP contribution in [0, 0.1) is 0 Å². The van der Waals surface area contributed by atoms with Gasteiger partial charge < -0.3 is 5.32 Å². The smallest absolute Gasteiger partial charge is 0.253 e. The number of rotatable bonds is 1. The third kappa shape index (κ3) is 0.956. The number of nitrogens with one attached hydrogen (secondary N) is 1. The van der Waals surface area contributed by atoms with Crippen molar-refractivity contribution in [3.8, 4) is 0 Å². The number of hydrogen-bond donors (Lipinski definition) is 1. The van der Waals surface area contributed by atoms with Crippen molar-refractivity contribution in [1.82, 2.24) is 5.32 Å². The summed E-state index contributed by atoms with van der Waals surface area (Å²) in [6.45, 7) is 0.681. The topological polar surface area (TPSA) is 46.2 Å². The van der Waals surface area contributed by atoms with Gasteiger partial charge in [-0.3, -0.25) is 9.59 Å². The summed E-state index contributed by atoms with van der Waals surface area (Å²) in [7, 11) is 0. The molecular formula is C8H7NO2S. The minimum absolute atomic E-state index is 0.111. The maximum Gasteiger partial charge on any atom is 0.253 e. The molecule has 1 amide bonds. The van der Waals surface area contributed by atoms with Crippen molar-refractivity contribution in [3.63, 3.8) is 0 Å². The van der Waals surface area contributed by atoms with Crippen LogP contribution in [0.3, 0.4) is 0 Å². The molecule has 0 unspecified atom stereocenters. The van der Waals surface area contributed by atoms with Crippen molar-refractivity contribution in [2.75, 3.05) is 6.54 Å². The number of carbonyl (C=O) groups is 2. The van der Waals surface area contributed by atoms with Gasteiger partial charge in [-0.1, -0.05) is 0 Å². The molecule has 1 aromatic heterocycles. The van der Waals surface area contributed by atoms with E-state index in [4.69, 9.17) is 0 Å². The average Bonchev–Trinajstić information content (AvgIpc) is 2.49. The molecule has 12 heavy (non-hydrogen) atoms. The van der Waals surface area contributed by atoms with Crippen molar-refractivity contribution in [2.45, 2.75) is 6.42 Å². The third-order valence-corrected chi connectivity index (χ3v) is 2.87. The summed E-state index contributed by atoms with van der Waals surface area (Å²) in [6.07, 6.45) is 1.58. The van der Waals surface area contributed by atoms with Gasteiger partial charge in [-0.05, 0) is 17.4 Å². The van der Waals surface area contributed by atoms with Crippen LogP contribution in [0.2, 0.25) is 0 Å². The van der Waals surface area contributed by atoms with Crippen LogP contribution < -0.4 is 5.32 Å². The van der Waals surface area contributed by atoms with Gasteiger partial charge in [0.15, 0.2) is 6.29 Å². The average molecular weight is 181 g/mol. The lowest BCUT2D eigenvalue weighted by atomic mass is 10.0. The van der Waals surface area contributed by atoms with Gasteiger partial charge in [-0.25, -0.2) is 0 Å². The molecule has 2 heterocycles. The van der Waals surface area contributed by atoms with E-state index in [9.17, 15) is 9.59 Å². The Balaban J connectivity index is 2.57. The van der Waals surface area contributed by atoms with Crippen molar-refractivity contribution in [2.24, 2.45) is 0 Å². The van der Waals surface area contributed by atoms with Gasteiger partial charge in [-0.15, -0.1) is 11.3 Å². The summed E-state index contributed by atoms with van der Waals surface area (Å²) in [4.78, 5) is 22.3. The molecule has 0 spiro atoms. The monoisotopic (exact) mass is 181 g/mol. The summed E-state index contributed by atoms with van der Waals surface area (Å²) in [5, 5.41) is 4.59. The van der Waals surface area contributed by atoms with Gasteiger partial charge in [0.25, 0.3) is 5.91 Å². The van der Waals surface area contributed by atoms with E-state index in [1.165, 1.54) is 11.3 Å². The summed E-state index contributed by atoms with van der Waals surface area (Å²) in [5.41, 5.74) is 1.59. The van der Waals surface area contributed by atoms with E-state index < -0.39 is 0 Å². The molecule has 0 saturated heterocycles. The van der Waals surface area contributed by atoms with Crippen LogP contribution in [-0.2, 0) is 6.42 Å². The van der Waals surface area contributed by atoms with Gasteiger partial charge in [0, 0.05) is 6.54 Å². The molecule has 62 valence electrons. The Bertz CT molecular complexity index is 343. The van der Waals surface area contributed by atoms with Crippen LogP contribution in [0.25, 0.3) is 0 Å². The highest BCUT2D eigenvalue weighted by Crippen LogP contribution is 2.23. The molecule has 0 bridgehead atoms. The van der Waals surface area contributed by atoms with E-state index in [1.807, 2.05) is 5.38 Å². The van der Waals surface area contributed by atoms with E-state index in [1.54, 1.807) is 0 Å². The van der Waals surface area contributed by atoms with Crippen molar-refractivity contribution in [1.29, 1.82) is 0 Å². The largest absolute Gasteiger partial charge is 0.352 e. The van der Waals surface area contributed by atoms with E-state index in [0.717, 1.165) is 18.3 Å². The molecule has 0 aromatic carbocycles. The second-order valence-electron chi connectivity index (χ2n) is 2.62. The first kappa shape index (κ1) is 7.49. The molecule has 0 aliphatic carbocycles. The van der Waals surface area contributed by atoms with Crippen LogP contribution in [0.4, 0.5) is 0 Å². The number of hydrogen-bond acceptors (Lipinski definition) is 3. The molecule has 0 atom stereocenters. The minimum Gasteiger partial charge on any atom is -0.352 e. The van der Waals surface area contributed by atoms with Gasteiger partial charge in [0.1, 0.15) is 0 Å². The number of amides is 1. The molecule has 1 aliphatic rings. The zero-order valence-electron chi connectivity index (χ0n) is 6.29. The Morgan fingerprint density at radius 1 is 1.58 bits per heavy atom. The van der Waals surface area contributed by atoms with Crippen LogP contribution in [0.1, 0.15) is 25.6 Å². The van der Waals surface area contributed by atoms with Gasteiger partial charge in [0.2, 0.25) is 0 Å². The van der Waals surface area contributed by atoms with E-state index >= 15 is 0 Å². The van der Waals surface area contributed by atoms with E-state index in [2.05, 4.69) is 5.32 Å². The molecule has 1 aliphatic heterocycles. The van der Waals surface area contributed by atoms with Crippen LogP contribution in [-0.4, -0.2) is 18.7 Å². The molecule has 2 rings (SSSR count). The zero-order chi connectivity index (χ0) is 8.55. The van der Waals surface area contributed by atoms with E-state index in [0.29, 0.717) is 17.0 Å². The minimum atomic E-state index is -0.111. The van der Waals surface area contributed by atoms with E-state index in [-0.39, 0.29) is 5.91 Å². The molecule has 1 N–H and O–H groups in total. The highest BCUT2D eigenvalue weighted by atomic mass is 32.1. The first-order valence-electron chi connectivity index (χ1n) is 3.66. The Morgan fingerprint density at radius 2 is 2.42 bits per heavy atom. The molecule has 0 fully saturated rings. The lowest BCUT2D eigenvalue weighted by Gasteiger charge is -2.12. The quantitative estimate of drug-likeness (QED) is 0.653. The van der Waals surface area contributed by atoms with Crippen LogP contribution in [0.5, 0.6) is 0 Å². The second-order valence-corrected chi connectivity index (χ2v) is 3.54. The number of thiophene rings is 1. The summed E-state index contributed by atoms with van der Waals surface area (Å²) in [6, 6.07) is 0. The third-order valence-electron chi connectivity index (χ3n) is 1.91. The maximum absolute atomic E-state index is 11.3. The SMILES string of the molecule is O=Cc1scc2c1C(=O)NCC2. The predicted molar refractivity (Wildman–Crippen MR) is 45.7 cm³/mol. The highest BCUT2D eigenvalue weighted by molar-refractivity contribution is 7.12. The number of fused-ring (bicyclic) bond motifs is 1. The summed E-state index contributed by atoms with van der Waals surface area (Å²) in [5.74, 6) is -0.111. The summed E-state index contributed by atoms with van der Waals surface area (Å²) >= 11 is 1.34. The lowest BCUT2D eigenvalue weighted by Crippen LogP contribution is -2.31. The second kappa shape index (κ2) is 2.71. The summed E-state index contributed by atoms with van der Waals surface area (Å²) < 4.78 is 0. The molecule has 0 radical (unpaired) electrons. The van der Waals surface area contributed by atoms with Crippen molar-refractivity contribution >= 4 is 23.5 Å².